The molecule has 2 aromatic rings. The van der Waals surface area contributed by atoms with Gasteiger partial charge in [-0.15, -0.1) is 0 Å². The Hall–Kier alpha value is -2.13. The smallest absolute Gasteiger partial charge is 0.251 e. The number of hydrogen-bond donors (Lipinski definition) is 1. The molecule has 0 spiro atoms. The van der Waals surface area contributed by atoms with Crippen LogP contribution in [0.25, 0.3) is 11.1 Å². The molecule has 0 heterocycles. The Bertz CT molecular complexity index is 547. The molecule has 1 radical (unpaired) electrons. The van der Waals surface area contributed by atoms with E-state index in [0.29, 0.717) is 12.1 Å². The molecule has 103 valence electrons. The lowest BCUT2D eigenvalue weighted by molar-refractivity contribution is 0.0951. The molecule has 0 atom stereocenters. The summed E-state index contributed by atoms with van der Waals surface area (Å²) in [5.41, 5.74) is 2.88. The van der Waals surface area contributed by atoms with Crippen LogP contribution in [-0.4, -0.2) is 38.0 Å². The quantitative estimate of drug-likeness (QED) is 0.902. The largest absolute Gasteiger partial charge is 0.351 e. The average molecular weight is 267 g/mol. The van der Waals surface area contributed by atoms with Crippen molar-refractivity contribution < 1.29 is 4.79 Å². The predicted octanol–water partition coefficient (Wildman–Crippen LogP) is 2.45. The first-order chi connectivity index (χ1) is 9.66. The minimum Gasteiger partial charge on any atom is -0.351 e. The van der Waals surface area contributed by atoms with E-state index >= 15 is 0 Å². The first-order valence-corrected chi connectivity index (χ1v) is 6.66. The van der Waals surface area contributed by atoms with Crippen molar-refractivity contribution in [2.24, 2.45) is 0 Å². The molecule has 0 fully saturated rings. The van der Waals surface area contributed by atoms with Gasteiger partial charge in [-0.1, -0.05) is 30.3 Å². The number of nitrogens with one attached hydrogen (secondary N) is 1. The van der Waals surface area contributed by atoms with Crippen molar-refractivity contribution in [2.45, 2.75) is 0 Å². The Morgan fingerprint density at radius 2 is 1.90 bits per heavy atom. The highest BCUT2D eigenvalue weighted by Crippen LogP contribution is 2.18. The van der Waals surface area contributed by atoms with Crippen molar-refractivity contribution in [3.05, 3.63) is 60.2 Å². The normalized spacial score (nSPS) is 10.6. The van der Waals surface area contributed by atoms with Gasteiger partial charge in [0, 0.05) is 18.7 Å². The number of amides is 1. The molecule has 0 aliphatic heterocycles. The summed E-state index contributed by atoms with van der Waals surface area (Å²) in [6, 6.07) is 18.5. The van der Waals surface area contributed by atoms with E-state index in [2.05, 4.69) is 11.4 Å². The standard InChI is InChI=1S/C17H19N2O/c1-19(2)13-12-18-17(20)16-10-8-15(9-11-16)14-6-4-3-5-7-14/h3-4,6-11H,12-13H2,1-2H3,(H,18,20). The van der Waals surface area contributed by atoms with Crippen LogP contribution < -0.4 is 5.32 Å². The summed E-state index contributed by atoms with van der Waals surface area (Å²) in [7, 11) is 3.97. The molecule has 0 bridgehead atoms. The van der Waals surface area contributed by atoms with E-state index in [0.717, 1.165) is 17.7 Å². The van der Waals surface area contributed by atoms with Crippen LogP contribution in [0, 0.1) is 6.07 Å². The average Bonchev–Trinajstić information content (AvgIpc) is 2.48. The summed E-state index contributed by atoms with van der Waals surface area (Å²) in [6.45, 7) is 1.49. The third kappa shape index (κ3) is 3.93. The Labute approximate surface area is 120 Å². The molecule has 0 saturated carbocycles. The van der Waals surface area contributed by atoms with E-state index in [1.807, 2.05) is 67.5 Å². The molecule has 2 rings (SSSR count). The van der Waals surface area contributed by atoms with E-state index in [9.17, 15) is 4.79 Å². The topological polar surface area (TPSA) is 32.3 Å². The highest BCUT2D eigenvalue weighted by atomic mass is 16.1. The van der Waals surface area contributed by atoms with Crippen molar-refractivity contribution in [1.82, 2.24) is 10.2 Å². The summed E-state index contributed by atoms with van der Waals surface area (Å²) in [6.07, 6.45) is 0. The van der Waals surface area contributed by atoms with Crippen LogP contribution in [0.4, 0.5) is 0 Å². The summed E-state index contributed by atoms with van der Waals surface area (Å²) >= 11 is 0. The van der Waals surface area contributed by atoms with E-state index < -0.39 is 0 Å². The fourth-order valence-corrected chi connectivity index (χ4v) is 1.88. The number of hydrogen-bond acceptors (Lipinski definition) is 2. The maximum Gasteiger partial charge on any atom is 0.251 e. The fourth-order valence-electron chi connectivity index (χ4n) is 1.88. The zero-order chi connectivity index (χ0) is 14.4. The van der Waals surface area contributed by atoms with Gasteiger partial charge in [0.05, 0.1) is 0 Å². The Morgan fingerprint density at radius 3 is 2.50 bits per heavy atom. The highest BCUT2D eigenvalue weighted by Gasteiger charge is 2.05. The first-order valence-electron chi connectivity index (χ1n) is 6.66. The molecule has 0 saturated heterocycles. The maximum atomic E-state index is 11.9. The number of likely N-dealkylation sites (N-methyl/N-ethyl adjacent to an activating group) is 1. The molecule has 0 aromatic heterocycles. The van der Waals surface area contributed by atoms with Crippen molar-refractivity contribution in [1.29, 1.82) is 0 Å². The van der Waals surface area contributed by atoms with E-state index in [-0.39, 0.29) is 5.91 Å². The second-order valence-electron chi connectivity index (χ2n) is 4.93. The van der Waals surface area contributed by atoms with Gasteiger partial charge in [0.1, 0.15) is 0 Å². The highest BCUT2D eigenvalue weighted by molar-refractivity contribution is 5.94. The minimum atomic E-state index is -0.0296. The second kappa shape index (κ2) is 6.87. The molecule has 2 aromatic carbocycles. The van der Waals surface area contributed by atoms with Crippen LogP contribution in [0.1, 0.15) is 10.4 Å². The van der Waals surface area contributed by atoms with Gasteiger partial charge in [-0.05, 0) is 49.5 Å². The van der Waals surface area contributed by atoms with Gasteiger partial charge in [-0.3, -0.25) is 4.79 Å². The maximum absolute atomic E-state index is 11.9. The van der Waals surface area contributed by atoms with Crippen molar-refractivity contribution >= 4 is 5.91 Å². The first kappa shape index (κ1) is 14.3. The van der Waals surface area contributed by atoms with Gasteiger partial charge in [0.25, 0.3) is 5.91 Å². The molecule has 1 amide bonds. The lowest BCUT2D eigenvalue weighted by atomic mass is 10.0. The van der Waals surface area contributed by atoms with Crippen LogP contribution in [0.3, 0.4) is 0 Å². The fraction of sp³-hybridized carbons (Fsp3) is 0.235. The second-order valence-corrected chi connectivity index (χ2v) is 4.93. The lowest BCUT2D eigenvalue weighted by Crippen LogP contribution is -2.31. The molecule has 0 aliphatic rings. The molecule has 0 unspecified atom stereocenters. The summed E-state index contributed by atoms with van der Waals surface area (Å²) in [4.78, 5) is 14.0. The lowest BCUT2D eigenvalue weighted by Gasteiger charge is -2.10. The number of carbonyl (C=O) groups is 1. The van der Waals surface area contributed by atoms with E-state index in [1.54, 1.807) is 0 Å². The molecule has 1 N–H and O–H groups in total. The van der Waals surface area contributed by atoms with E-state index in [4.69, 9.17) is 0 Å². The Balaban J connectivity index is 1.99. The third-order valence-corrected chi connectivity index (χ3v) is 3.03. The molecule has 3 heteroatoms. The van der Waals surface area contributed by atoms with Gasteiger partial charge >= 0.3 is 0 Å². The Morgan fingerprint density at radius 1 is 1.15 bits per heavy atom. The zero-order valence-electron chi connectivity index (χ0n) is 11.9. The van der Waals surface area contributed by atoms with Gasteiger partial charge < -0.3 is 10.2 Å². The monoisotopic (exact) mass is 267 g/mol. The van der Waals surface area contributed by atoms with Crippen LogP contribution in [-0.2, 0) is 0 Å². The zero-order valence-corrected chi connectivity index (χ0v) is 11.9. The van der Waals surface area contributed by atoms with Gasteiger partial charge in [-0.2, -0.15) is 0 Å². The van der Waals surface area contributed by atoms with Gasteiger partial charge in [-0.25, -0.2) is 0 Å². The molecular formula is C17H19N2O. The van der Waals surface area contributed by atoms with Crippen LogP contribution >= 0.6 is 0 Å². The number of nitrogens with zero attached hydrogens (tertiary/aromatic N) is 1. The van der Waals surface area contributed by atoms with Gasteiger partial charge in [0.2, 0.25) is 0 Å². The molecule has 3 nitrogen and oxygen atoms in total. The van der Waals surface area contributed by atoms with Gasteiger partial charge in [0.15, 0.2) is 0 Å². The van der Waals surface area contributed by atoms with E-state index in [1.165, 1.54) is 0 Å². The summed E-state index contributed by atoms with van der Waals surface area (Å²) < 4.78 is 0. The molecule has 0 aliphatic carbocycles. The molecule has 20 heavy (non-hydrogen) atoms. The molecular weight excluding hydrogens is 248 g/mol. The summed E-state index contributed by atoms with van der Waals surface area (Å²) in [5, 5.41) is 2.90. The number of benzene rings is 2. The Kier molecular flexibility index (Phi) is 4.91. The predicted molar refractivity (Wildman–Crippen MR) is 81.6 cm³/mol. The number of carbonyl (C=O) groups excluding carboxylic acids is 1. The van der Waals surface area contributed by atoms with Crippen molar-refractivity contribution in [3.63, 3.8) is 0 Å². The third-order valence-electron chi connectivity index (χ3n) is 3.03. The minimum absolute atomic E-state index is 0.0296. The number of rotatable bonds is 5. The van der Waals surface area contributed by atoms with Crippen LogP contribution in [0.15, 0.2) is 48.5 Å². The van der Waals surface area contributed by atoms with Crippen molar-refractivity contribution in [3.8, 4) is 11.1 Å². The SMILES string of the molecule is CN(C)CCNC(=O)c1ccc(-c2c[c]ccc2)cc1. The van der Waals surface area contributed by atoms with Crippen LogP contribution in [0.2, 0.25) is 0 Å². The van der Waals surface area contributed by atoms with Crippen LogP contribution in [0.5, 0.6) is 0 Å². The van der Waals surface area contributed by atoms with Crippen molar-refractivity contribution in [2.75, 3.05) is 27.2 Å². The summed E-state index contributed by atoms with van der Waals surface area (Å²) in [5.74, 6) is -0.0296.